The highest BCUT2D eigenvalue weighted by atomic mass is 31.2. The monoisotopic (exact) mass is 354 g/mol. The molecule has 0 spiro atoms. The van der Waals surface area contributed by atoms with Gasteiger partial charge in [0.15, 0.2) is 0 Å². The molecule has 4 N–H and O–H groups in total. The van der Waals surface area contributed by atoms with Crippen LogP contribution in [0.2, 0.25) is 0 Å². The van der Waals surface area contributed by atoms with Gasteiger partial charge in [-0.15, -0.1) is 0 Å². The molecule has 22 heavy (non-hydrogen) atoms. The van der Waals surface area contributed by atoms with E-state index in [2.05, 4.69) is 6.08 Å². The average molecular weight is 354 g/mol. The van der Waals surface area contributed by atoms with E-state index in [9.17, 15) is 14.0 Å². The summed E-state index contributed by atoms with van der Waals surface area (Å²) in [7, 11) is -8.94. The molecule has 0 amide bonds. The highest BCUT2D eigenvalue weighted by Crippen LogP contribution is 2.63. The van der Waals surface area contributed by atoms with Gasteiger partial charge >= 0.3 is 7.60 Å². The Labute approximate surface area is 132 Å². The van der Waals surface area contributed by atoms with E-state index in [1.165, 1.54) is 11.1 Å². The summed E-state index contributed by atoms with van der Waals surface area (Å²) < 4.78 is 23.0. The molecule has 0 aliphatic rings. The Morgan fingerprint density at radius 1 is 1.05 bits per heavy atom. The first kappa shape index (κ1) is 21.8. The first-order chi connectivity index (χ1) is 10.0. The predicted octanol–water partition coefficient (Wildman–Crippen LogP) is 3.57. The van der Waals surface area contributed by atoms with E-state index in [0.29, 0.717) is 12.8 Å². The minimum Gasteiger partial charge on any atom is -0.386 e. The molecule has 0 heterocycles. The van der Waals surface area contributed by atoms with Crippen LogP contribution in [-0.4, -0.2) is 31.5 Å². The Kier molecular flexibility index (Phi) is 9.72. The number of rotatable bonds is 10. The molecule has 0 fully saturated rings. The summed E-state index contributed by atoms with van der Waals surface area (Å²) >= 11 is 0. The molecule has 0 aromatic rings. The highest BCUT2D eigenvalue weighted by Gasteiger charge is 2.42. The molecule has 0 aliphatic carbocycles. The molecular weight excluding hydrogens is 326 g/mol. The summed E-state index contributed by atoms with van der Waals surface area (Å²) in [5.41, 5.74) is 2.44. The number of unbranched alkanes of at least 4 members (excludes halogenated alkanes) is 1. The van der Waals surface area contributed by atoms with E-state index in [1.807, 2.05) is 26.8 Å². The number of hydrogen-bond donors (Lipinski definition) is 4. The van der Waals surface area contributed by atoms with Gasteiger partial charge in [0.1, 0.15) is 11.7 Å². The smallest absolute Gasteiger partial charge is 0.338 e. The van der Waals surface area contributed by atoms with Crippen molar-refractivity contribution in [2.45, 2.75) is 58.3 Å². The summed E-state index contributed by atoms with van der Waals surface area (Å²) in [6, 6.07) is 0. The molecule has 0 aliphatic heterocycles. The molecule has 0 saturated carbocycles. The van der Waals surface area contributed by atoms with Crippen LogP contribution in [0.1, 0.15) is 52.9 Å². The Bertz CT molecular complexity index is 488. The Morgan fingerprint density at radius 3 is 2.09 bits per heavy atom. The minimum atomic E-state index is -4.71. The van der Waals surface area contributed by atoms with Gasteiger partial charge in [-0.2, -0.15) is 0 Å². The molecule has 130 valence electrons. The maximum absolute atomic E-state index is 11.7. The van der Waals surface area contributed by atoms with Crippen molar-refractivity contribution in [2.24, 2.45) is 0 Å². The third-order valence-corrected chi connectivity index (χ3v) is 7.92. The van der Waals surface area contributed by atoms with Crippen LogP contribution < -0.4 is 0 Å². The van der Waals surface area contributed by atoms with Crippen LogP contribution in [-0.2, 0) is 9.13 Å². The second kappa shape index (κ2) is 9.82. The lowest BCUT2D eigenvalue weighted by Gasteiger charge is -2.22. The van der Waals surface area contributed by atoms with Gasteiger partial charge in [0.05, 0.1) is 0 Å². The van der Waals surface area contributed by atoms with Crippen LogP contribution in [0.3, 0.4) is 0 Å². The number of aliphatic hydroxyl groups excluding tert-OH is 1. The van der Waals surface area contributed by atoms with Crippen molar-refractivity contribution in [2.75, 3.05) is 6.35 Å². The van der Waals surface area contributed by atoms with E-state index in [4.69, 9.17) is 14.9 Å². The number of aliphatic hydroxyl groups is 1. The van der Waals surface area contributed by atoms with Crippen LogP contribution in [0.5, 0.6) is 0 Å². The van der Waals surface area contributed by atoms with Crippen LogP contribution in [0.4, 0.5) is 0 Å². The second-order valence-corrected chi connectivity index (χ2v) is 10.4. The SMILES string of the molecule is CC(C)=CCC/C(C)=C/CCCC(P(=O)(O)O)P(=O)(O)CO. The predicted molar refractivity (Wildman–Crippen MR) is 89.0 cm³/mol. The largest absolute Gasteiger partial charge is 0.386 e. The fourth-order valence-corrected chi connectivity index (χ4v) is 5.43. The van der Waals surface area contributed by atoms with E-state index in [0.717, 1.165) is 12.8 Å². The topological polar surface area (TPSA) is 115 Å². The van der Waals surface area contributed by atoms with Gasteiger partial charge in [-0.3, -0.25) is 9.13 Å². The highest BCUT2D eigenvalue weighted by molar-refractivity contribution is 7.73. The Balaban J connectivity index is 4.44. The van der Waals surface area contributed by atoms with Crippen LogP contribution >= 0.6 is 15.0 Å². The fraction of sp³-hybridized carbons (Fsp3) is 0.714. The summed E-state index contributed by atoms with van der Waals surface area (Å²) in [6.07, 6.45) is 5.77. The second-order valence-electron chi connectivity index (χ2n) is 5.77. The first-order valence-corrected chi connectivity index (χ1v) is 10.9. The zero-order valence-electron chi connectivity index (χ0n) is 13.5. The number of allylic oxidation sites excluding steroid dienone is 4. The molecular formula is C14H28O6P2. The third kappa shape index (κ3) is 9.04. The normalized spacial score (nSPS) is 17.0. The van der Waals surface area contributed by atoms with Gasteiger partial charge in [0.2, 0.25) is 7.37 Å². The molecule has 0 saturated heterocycles. The zero-order chi connectivity index (χ0) is 17.4. The van der Waals surface area contributed by atoms with Gasteiger partial charge in [-0.05, 0) is 52.9 Å². The van der Waals surface area contributed by atoms with Crippen LogP contribution in [0.15, 0.2) is 23.3 Å². The van der Waals surface area contributed by atoms with E-state index >= 15 is 0 Å². The van der Waals surface area contributed by atoms with Gasteiger partial charge in [0.25, 0.3) is 0 Å². The molecule has 0 radical (unpaired) electrons. The van der Waals surface area contributed by atoms with Crippen LogP contribution in [0.25, 0.3) is 0 Å². The maximum atomic E-state index is 11.7. The lowest BCUT2D eigenvalue weighted by atomic mass is 10.1. The van der Waals surface area contributed by atoms with E-state index in [1.54, 1.807) is 0 Å². The molecule has 2 atom stereocenters. The van der Waals surface area contributed by atoms with Crippen molar-refractivity contribution in [1.82, 2.24) is 0 Å². The van der Waals surface area contributed by atoms with Gasteiger partial charge in [0, 0.05) is 0 Å². The van der Waals surface area contributed by atoms with Gasteiger partial charge < -0.3 is 19.8 Å². The van der Waals surface area contributed by atoms with E-state index in [-0.39, 0.29) is 6.42 Å². The molecule has 0 aromatic heterocycles. The molecule has 0 aromatic carbocycles. The first-order valence-electron chi connectivity index (χ1n) is 7.27. The van der Waals surface area contributed by atoms with Gasteiger partial charge in [-0.1, -0.05) is 23.3 Å². The summed E-state index contributed by atoms with van der Waals surface area (Å²) in [4.78, 5) is 27.8. The number of hydrogen-bond acceptors (Lipinski definition) is 3. The lowest BCUT2D eigenvalue weighted by Crippen LogP contribution is -2.11. The van der Waals surface area contributed by atoms with Crippen molar-refractivity contribution >= 4 is 15.0 Å². The average Bonchev–Trinajstić information content (AvgIpc) is 2.36. The van der Waals surface area contributed by atoms with Crippen molar-refractivity contribution in [3.63, 3.8) is 0 Å². The van der Waals surface area contributed by atoms with Crippen LogP contribution in [0, 0.1) is 0 Å². The van der Waals surface area contributed by atoms with Crippen molar-refractivity contribution in [3.05, 3.63) is 23.3 Å². The van der Waals surface area contributed by atoms with Crippen molar-refractivity contribution in [1.29, 1.82) is 0 Å². The van der Waals surface area contributed by atoms with E-state index < -0.39 is 26.7 Å². The minimum absolute atomic E-state index is 0.0869. The standard InChI is InChI=1S/C14H28O6P2/c1-12(2)7-6-9-13(3)8-4-5-10-14(22(18,19)20)21(16,17)11-15/h7-8,14-15H,4-6,9-11H2,1-3H3,(H,16,17)(H2,18,19,20)/b13-8+. The molecule has 8 heteroatoms. The molecule has 6 nitrogen and oxygen atoms in total. The molecule has 0 bridgehead atoms. The summed E-state index contributed by atoms with van der Waals surface area (Å²) in [5, 5.41) is 7.16. The maximum Gasteiger partial charge on any atom is 0.338 e. The molecule has 0 rings (SSSR count). The Hall–Kier alpha value is -0.220. The van der Waals surface area contributed by atoms with Gasteiger partial charge in [-0.25, -0.2) is 0 Å². The van der Waals surface area contributed by atoms with Crippen molar-refractivity contribution < 1.29 is 28.9 Å². The molecule has 2 unspecified atom stereocenters. The lowest BCUT2D eigenvalue weighted by molar-refractivity contribution is 0.321. The quantitative estimate of drug-likeness (QED) is 0.271. The zero-order valence-corrected chi connectivity index (χ0v) is 15.3. The summed E-state index contributed by atoms with van der Waals surface area (Å²) in [5.74, 6) is 0. The third-order valence-electron chi connectivity index (χ3n) is 3.31. The Morgan fingerprint density at radius 2 is 1.64 bits per heavy atom. The van der Waals surface area contributed by atoms with Crippen molar-refractivity contribution in [3.8, 4) is 0 Å². The fourth-order valence-electron chi connectivity index (χ4n) is 2.04. The summed E-state index contributed by atoms with van der Waals surface area (Å²) in [6.45, 7) is 6.06.